The van der Waals surface area contributed by atoms with Gasteiger partial charge in [0.2, 0.25) is 5.91 Å². The topological polar surface area (TPSA) is 53.6 Å². The van der Waals surface area contributed by atoms with Gasteiger partial charge in [0, 0.05) is 25.8 Å². The molecule has 2 fully saturated rings. The van der Waals surface area contributed by atoms with Crippen LogP contribution >= 0.6 is 0 Å². The summed E-state index contributed by atoms with van der Waals surface area (Å²) in [6.45, 7) is 8.77. The fourth-order valence-electron chi connectivity index (χ4n) is 3.02. The Morgan fingerprint density at radius 3 is 2.70 bits per heavy atom. The van der Waals surface area contributed by atoms with Crippen LogP contribution in [0.1, 0.15) is 32.6 Å². The molecule has 1 amide bonds. The van der Waals surface area contributed by atoms with Crippen LogP contribution in [0.5, 0.6) is 0 Å². The molecule has 5 nitrogen and oxygen atoms in total. The molecule has 5 heteroatoms. The molecule has 2 heterocycles. The average Bonchev–Trinajstić information content (AvgIpc) is 2.92. The first-order valence-electron chi connectivity index (χ1n) is 8.04. The van der Waals surface area contributed by atoms with Crippen LogP contribution in [0.25, 0.3) is 0 Å². The van der Waals surface area contributed by atoms with E-state index >= 15 is 0 Å². The Bertz CT molecular complexity index is 287. The van der Waals surface area contributed by atoms with E-state index in [2.05, 4.69) is 22.5 Å². The summed E-state index contributed by atoms with van der Waals surface area (Å²) in [4.78, 5) is 14.3. The minimum atomic E-state index is 0.116. The first-order valence-corrected chi connectivity index (χ1v) is 8.04. The molecule has 2 rings (SSSR count). The largest absolute Gasteiger partial charge is 0.381 e. The third-order valence-corrected chi connectivity index (χ3v) is 4.13. The Labute approximate surface area is 122 Å². The molecule has 0 aromatic heterocycles. The van der Waals surface area contributed by atoms with Crippen molar-refractivity contribution >= 4 is 5.91 Å². The maximum Gasteiger partial charge on any atom is 0.234 e. The van der Waals surface area contributed by atoms with Crippen LogP contribution in [0, 0.1) is 5.92 Å². The van der Waals surface area contributed by atoms with Crippen molar-refractivity contribution in [2.24, 2.45) is 5.92 Å². The predicted octanol–water partition coefficient (Wildman–Crippen LogP) is 0.603. The van der Waals surface area contributed by atoms with Crippen molar-refractivity contribution < 1.29 is 9.53 Å². The average molecular weight is 283 g/mol. The lowest BCUT2D eigenvalue weighted by Gasteiger charge is -2.23. The molecule has 0 bridgehead atoms. The summed E-state index contributed by atoms with van der Waals surface area (Å²) >= 11 is 0. The van der Waals surface area contributed by atoms with Crippen molar-refractivity contribution in [3.8, 4) is 0 Å². The van der Waals surface area contributed by atoms with Gasteiger partial charge in [-0.25, -0.2) is 0 Å². The van der Waals surface area contributed by atoms with Crippen LogP contribution < -0.4 is 10.6 Å². The molecule has 20 heavy (non-hydrogen) atoms. The Hall–Kier alpha value is -0.650. The van der Waals surface area contributed by atoms with Crippen LogP contribution in [0.4, 0.5) is 0 Å². The van der Waals surface area contributed by atoms with Gasteiger partial charge < -0.3 is 20.3 Å². The van der Waals surface area contributed by atoms with E-state index in [0.717, 1.165) is 39.1 Å². The summed E-state index contributed by atoms with van der Waals surface area (Å²) in [6, 6.07) is 0.306. The number of carbonyl (C=O) groups excluding carboxylic acids is 1. The molecular formula is C15H29N3O2. The Morgan fingerprint density at radius 2 is 2.00 bits per heavy atom. The lowest BCUT2D eigenvalue weighted by atomic mass is 10.1. The first kappa shape index (κ1) is 15.7. The molecule has 116 valence electrons. The zero-order chi connectivity index (χ0) is 14.2. The van der Waals surface area contributed by atoms with Crippen molar-refractivity contribution in [2.45, 2.75) is 38.6 Å². The van der Waals surface area contributed by atoms with Crippen molar-refractivity contribution in [3.05, 3.63) is 0 Å². The number of likely N-dealkylation sites (tertiary alicyclic amines) is 1. The van der Waals surface area contributed by atoms with Crippen LogP contribution in [-0.2, 0) is 9.53 Å². The van der Waals surface area contributed by atoms with E-state index in [4.69, 9.17) is 4.74 Å². The van der Waals surface area contributed by atoms with Gasteiger partial charge in [-0.1, -0.05) is 6.92 Å². The molecule has 0 aliphatic carbocycles. The molecule has 0 radical (unpaired) electrons. The summed E-state index contributed by atoms with van der Waals surface area (Å²) < 4.78 is 5.29. The lowest BCUT2D eigenvalue weighted by Crippen LogP contribution is -2.44. The predicted molar refractivity (Wildman–Crippen MR) is 79.7 cm³/mol. The second kappa shape index (κ2) is 8.60. The molecule has 2 saturated heterocycles. The van der Waals surface area contributed by atoms with Gasteiger partial charge in [-0.15, -0.1) is 0 Å². The lowest BCUT2D eigenvalue weighted by molar-refractivity contribution is -0.121. The molecule has 1 unspecified atom stereocenters. The molecule has 1 atom stereocenters. The summed E-state index contributed by atoms with van der Waals surface area (Å²) in [7, 11) is 0. The molecule has 0 aromatic carbocycles. The standard InChI is InChI=1S/C15H29N3O2/c1-13(12-18-6-2-3-7-18)10-16-11-15(19)17-14-4-8-20-9-5-14/h13-14,16H,2-12H2,1H3,(H,17,19). The molecule has 0 saturated carbocycles. The SMILES string of the molecule is CC(CNCC(=O)NC1CCOCC1)CN1CCCC1. The van der Waals surface area contributed by atoms with Gasteiger partial charge in [0.15, 0.2) is 0 Å². The maximum atomic E-state index is 11.8. The highest BCUT2D eigenvalue weighted by Gasteiger charge is 2.17. The highest BCUT2D eigenvalue weighted by Crippen LogP contribution is 2.09. The van der Waals surface area contributed by atoms with Gasteiger partial charge >= 0.3 is 0 Å². The van der Waals surface area contributed by atoms with Gasteiger partial charge in [0.1, 0.15) is 0 Å². The minimum Gasteiger partial charge on any atom is -0.381 e. The number of hydrogen-bond acceptors (Lipinski definition) is 4. The van der Waals surface area contributed by atoms with Crippen molar-refractivity contribution in [2.75, 3.05) is 45.9 Å². The second-order valence-corrected chi connectivity index (χ2v) is 6.20. The molecule has 0 aromatic rings. The Balaban J connectivity index is 1.51. The van der Waals surface area contributed by atoms with Crippen LogP contribution in [-0.4, -0.2) is 62.8 Å². The van der Waals surface area contributed by atoms with Gasteiger partial charge in [0.05, 0.1) is 6.54 Å². The summed E-state index contributed by atoms with van der Waals surface area (Å²) in [6.07, 6.45) is 4.56. The van der Waals surface area contributed by atoms with E-state index < -0.39 is 0 Å². The number of rotatable bonds is 7. The number of hydrogen-bond donors (Lipinski definition) is 2. The number of nitrogens with zero attached hydrogens (tertiary/aromatic N) is 1. The van der Waals surface area contributed by atoms with Crippen LogP contribution in [0.15, 0.2) is 0 Å². The van der Waals surface area contributed by atoms with E-state index in [1.165, 1.54) is 25.9 Å². The maximum absolute atomic E-state index is 11.8. The third-order valence-electron chi connectivity index (χ3n) is 4.13. The van der Waals surface area contributed by atoms with Crippen LogP contribution in [0.2, 0.25) is 0 Å². The summed E-state index contributed by atoms with van der Waals surface area (Å²) in [5.74, 6) is 0.717. The zero-order valence-corrected chi connectivity index (χ0v) is 12.7. The Morgan fingerprint density at radius 1 is 1.30 bits per heavy atom. The smallest absolute Gasteiger partial charge is 0.234 e. The summed E-state index contributed by atoms with van der Waals surface area (Å²) in [5, 5.41) is 6.35. The van der Waals surface area contributed by atoms with Gasteiger partial charge in [0.25, 0.3) is 0 Å². The first-order chi connectivity index (χ1) is 9.74. The molecular weight excluding hydrogens is 254 g/mol. The van der Waals surface area contributed by atoms with Crippen molar-refractivity contribution in [3.63, 3.8) is 0 Å². The van der Waals surface area contributed by atoms with Gasteiger partial charge in [-0.3, -0.25) is 4.79 Å². The molecule has 2 aliphatic heterocycles. The van der Waals surface area contributed by atoms with Crippen LogP contribution in [0.3, 0.4) is 0 Å². The Kier molecular flexibility index (Phi) is 6.76. The fraction of sp³-hybridized carbons (Fsp3) is 0.933. The third kappa shape index (κ3) is 5.77. The van der Waals surface area contributed by atoms with Crippen molar-refractivity contribution in [1.82, 2.24) is 15.5 Å². The number of ether oxygens (including phenoxy) is 1. The molecule has 0 spiro atoms. The highest BCUT2D eigenvalue weighted by atomic mass is 16.5. The van der Waals surface area contributed by atoms with Gasteiger partial charge in [-0.2, -0.15) is 0 Å². The van der Waals surface area contributed by atoms with E-state index in [0.29, 0.717) is 18.5 Å². The highest BCUT2D eigenvalue weighted by molar-refractivity contribution is 5.78. The van der Waals surface area contributed by atoms with Gasteiger partial charge in [-0.05, 0) is 51.2 Å². The normalized spacial score (nSPS) is 22.9. The van der Waals surface area contributed by atoms with E-state index in [9.17, 15) is 4.79 Å². The minimum absolute atomic E-state index is 0.116. The fourth-order valence-corrected chi connectivity index (χ4v) is 3.02. The quantitative estimate of drug-likeness (QED) is 0.718. The second-order valence-electron chi connectivity index (χ2n) is 6.20. The van der Waals surface area contributed by atoms with E-state index in [-0.39, 0.29) is 5.91 Å². The van der Waals surface area contributed by atoms with Crippen molar-refractivity contribution in [1.29, 1.82) is 0 Å². The van der Waals surface area contributed by atoms with E-state index in [1.54, 1.807) is 0 Å². The number of amides is 1. The monoisotopic (exact) mass is 283 g/mol. The number of carbonyl (C=O) groups is 1. The number of nitrogens with one attached hydrogen (secondary N) is 2. The van der Waals surface area contributed by atoms with E-state index in [1.807, 2.05) is 0 Å². The molecule has 2 aliphatic rings. The zero-order valence-electron chi connectivity index (χ0n) is 12.7. The summed E-state index contributed by atoms with van der Waals surface area (Å²) in [5.41, 5.74) is 0. The molecule has 2 N–H and O–H groups in total.